The fourth-order valence-corrected chi connectivity index (χ4v) is 1.28. The first-order valence-electron chi connectivity index (χ1n) is 6.91. The maximum absolute atomic E-state index is 5.54. The number of hydrogen-bond donors (Lipinski definition) is 1. The number of nitrogens with one attached hydrogen (secondary N) is 1. The van der Waals surface area contributed by atoms with Gasteiger partial charge in [0.25, 0.3) is 0 Å². The fourth-order valence-electron chi connectivity index (χ4n) is 1.28. The molecule has 0 unspecified atom stereocenters. The predicted octanol–water partition coefficient (Wildman–Crippen LogP) is 2.52. The van der Waals surface area contributed by atoms with Crippen LogP contribution in [0.1, 0.15) is 40.5 Å². The maximum Gasteiger partial charge on any atom is 0.324 e. The van der Waals surface area contributed by atoms with Crippen molar-refractivity contribution in [1.82, 2.24) is 15.0 Å². The summed E-state index contributed by atoms with van der Waals surface area (Å²) >= 11 is 0. The molecule has 0 atom stereocenters. The monoisotopic (exact) mass is 268 g/mol. The lowest BCUT2D eigenvalue weighted by Gasteiger charge is -2.10. The van der Waals surface area contributed by atoms with Crippen LogP contribution in [-0.4, -0.2) is 34.7 Å². The van der Waals surface area contributed by atoms with Crippen LogP contribution in [0.4, 0.5) is 5.95 Å². The zero-order valence-corrected chi connectivity index (χ0v) is 12.3. The molecule has 0 bridgehead atoms. The Kier molecular flexibility index (Phi) is 6.92. The smallest absolute Gasteiger partial charge is 0.324 e. The van der Waals surface area contributed by atoms with Gasteiger partial charge in [0, 0.05) is 6.54 Å². The van der Waals surface area contributed by atoms with Crippen molar-refractivity contribution in [1.29, 1.82) is 0 Å². The highest BCUT2D eigenvalue weighted by Gasteiger charge is 2.08. The molecule has 6 nitrogen and oxygen atoms in total. The van der Waals surface area contributed by atoms with Crippen LogP contribution in [0.2, 0.25) is 0 Å². The summed E-state index contributed by atoms with van der Waals surface area (Å²) in [6, 6.07) is 0.630. The van der Waals surface area contributed by atoms with Gasteiger partial charge in [0.05, 0.1) is 13.2 Å². The van der Waals surface area contributed by atoms with Crippen molar-refractivity contribution in [3.8, 4) is 12.0 Å². The third kappa shape index (κ3) is 6.22. The van der Waals surface area contributed by atoms with Gasteiger partial charge < -0.3 is 14.8 Å². The van der Waals surface area contributed by atoms with Crippen LogP contribution >= 0.6 is 0 Å². The van der Waals surface area contributed by atoms with E-state index >= 15 is 0 Å². The molecule has 0 aliphatic carbocycles. The van der Waals surface area contributed by atoms with Gasteiger partial charge in [-0.15, -0.1) is 4.98 Å². The number of ether oxygens (including phenoxy) is 2. The molecule has 1 heterocycles. The molecular weight excluding hydrogens is 244 g/mol. The van der Waals surface area contributed by atoms with Crippen molar-refractivity contribution in [2.75, 3.05) is 25.1 Å². The highest BCUT2D eigenvalue weighted by Crippen LogP contribution is 2.13. The number of nitrogens with zero attached hydrogens (tertiary/aromatic N) is 3. The van der Waals surface area contributed by atoms with E-state index in [4.69, 9.17) is 9.47 Å². The number of hydrogen-bond acceptors (Lipinski definition) is 6. The van der Waals surface area contributed by atoms with Gasteiger partial charge in [-0.3, -0.25) is 0 Å². The summed E-state index contributed by atoms with van der Waals surface area (Å²) in [5.74, 6) is 1.08. The van der Waals surface area contributed by atoms with Gasteiger partial charge in [-0.25, -0.2) is 0 Å². The van der Waals surface area contributed by atoms with Crippen LogP contribution in [0.15, 0.2) is 0 Å². The van der Waals surface area contributed by atoms with Crippen LogP contribution in [0.5, 0.6) is 12.0 Å². The molecule has 6 heteroatoms. The minimum atomic E-state index is 0.312. The predicted molar refractivity (Wildman–Crippen MR) is 74.7 cm³/mol. The highest BCUT2D eigenvalue weighted by atomic mass is 16.5. The molecule has 0 saturated carbocycles. The highest BCUT2D eigenvalue weighted by molar-refractivity contribution is 5.27. The molecule has 0 aliphatic heterocycles. The summed E-state index contributed by atoms with van der Waals surface area (Å²) in [5.41, 5.74) is 0. The van der Waals surface area contributed by atoms with Gasteiger partial charge in [-0.2, -0.15) is 9.97 Å². The average Bonchev–Trinajstić information content (AvgIpc) is 2.36. The van der Waals surface area contributed by atoms with E-state index in [1.807, 2.05) is 13.8 Å². The largest absolute Gasteiger partial charge is 0.463 e. The van der Waals surface area contributed by atoms with E-state index < -0.39 is 0 Å². The zero-order chi connectivity index (χ0) is 14.1. The second-order valence-corrected chi connectivity index (χ2v) is 4.63. The van der Waals surface area contributed by atoms with Crippen molar-refractivity contribution < 1.29 is 9.47 Å². The van der Waals surface area contributed by atoms with Gasteiger partial charge in [0.15, 0.2) is 0 Å². The fraction of sp³-hybridized carbons (Fsp3) is 0.769. The van der Waals surface area contributed by atoms with E-state index in [1.165, 1.54) is 0 Å². The van der Waals surface area contributed by atoms with Crippen LogP contribution in [-0.2, 0) is 0 Å². The Balaban J connectivity index is 2.68. The van der Waals surface area contributed by atoms with Crippen molar-refractivity contribution in [2.24, 2.45) is 5.92 Å². The van der Waals surface area contributed by atoms with E-state index in [0.717, 1.165) is 19.4 Å². The first-order chi connectivity index (χ1) is 9.15. The summed E-state index contributed by atoms with van der Waals surface area (Å²) < 4.78 is 11.0. The molecule has 0 aliphatic rings. The molecule has 0 radical (unpaired) electrons. The Bertz CT molecular complexity index is 372. The molecule has 1 N–H and O–H groups in total. The van der Waals surface area contributed by atoms with Gasteiger partial charge in [0.2, 0.25) is 5.95 Å². The summed E-state index contributed by atoms with van der Waals surface area (Å²) in [6.45, 7) is 10.2. The minimum Gasteiger partial charge on any atom is -0.463 e. The van der Waals surface area contributed by atoms with E-state index in [9.17, 15) is 0 Å². The second-order valence-electron chi connectivity index (χ2n) is 4.63. The summed E-state index contributed by atoms with van der Waals surface area (Å²) in [7, 11) is 0. The average molecular weight is 268 g/mol. The zero-order valence-electron chi connectivity index (χ0n) is 12.3. The van der Waals surface area contributed by atoms with Gasteiger partial charge in [-0.05, 0) is 25.7 Å². The Hall–Kier alpha value is -1.59. The van der Waals surface area contributed by atoms with Gasteiger partial charge in [0.1, 0.15) is 0 Å². The van der Waals surface area contributed by atoms with E-state index in [1.54, 1.807) is 0 Å². The van der Waals surface area contributed by atoms with E-state index in [0.29, 0.717) is 37.1 Å². The SMILES string of the molecule is CCCOc1nc(NCC)nc(OCCC(C)C)n1. The molecule has 0 saturated heterocycles. The second kappa shape index (κ2) is 8.50. The third-order valence-electron chi connectivity index (χ3n) is 2.29. The van der Waals surface area contributed by atoms with Crippen LogP contribution in [0.3, 0.4) is 0 Å². The molecule has 0 spiro atoms. The van der Waals surface area contributed by atoms with Crippen LogP contribution in [0.25, 0.3) is 0 Å². The van der Waals surface area contributed by atoms with E-state index in [2.05, 4.69) is 34.1 Å². The first kappa shape index (κ1) is 15.5. The molecule has 1 aromatic rings. The molecule has 1 aromatic heterocycles. The normalized spacial score (nSPS) is 10.6. The Labute approximate surface area is 115 Å². The van der Waals surface area contributed by atoms with Crippen LogP contribution in [0, 0.1) is 5.92 Å². The quantitative estimate of drug-likeness (QED) is 0.742. The Morgan fingerprint density at radius 2 is 1.63 bits per heavy atom. The van der Waals surface area contributed by atoms with E-state index in [-0.39, 0.29) is 0 Å². The Morgan fingerprint density at radius 3 is 2.16 bits per heavy atom. The summed E-state index contributed by atoms with van der Waals surface area (Å²) in [6.07, 6.45) is 1.87. The standard InChI is InChI=1S/C13H24N4O2/c1-5-8-18-12-15-11(14-6-2)16-13(17-12)19-9-7-10(3)4/h10H,5-9H2,1-4H3,(H,14,15,16,17). The first-order valence-corrected chi connectivity index (χ1v) is 6.91. The lowest BCUT2D eigenvalue weighted by molar-refractivity contribution is 0.250. The summed E-state index contributed by atoms with van der Waals surface area (Å²) in [4.78, 5) is 12.5. The van der Waals surface area contributed by atoms with Gasteiger partial charge >= 0.3 is 12.0 Å². The minimum absolute atomic E-state index is 0.312. The third-order valence-corrected chi connectivity index (χ3v) is 2.29. The lowest BCUT2D eigenvalue weighted by atomic mass is 10.1. The molecule has 0 fully saturated rings. The lowest BCUT2D eigenvalue weighted by Crippen LogP contribution is -2.10. The van der Waals surface area contributed by atoms with Crippen molar-refractivity contribution in [3.63, 3.8) is 0 Å². The number of rotatable bonds is 9. The van der Waals surface area contributed by atoms with Gasteiger partial charge in [-0.1, -0.05) is 20.8 Å². The topological polar surface area (TPSA) is 69.2 Å². The van der Waals surface area contributed by atoms with Crippen molar-refractivity contribution >= 4 is 5.95 Å². The van der Waals surface area contributed by atoms with Crippen LogP contribution < -0.4 is 14.8 Å². The number of aromatic nitrogens is 3. The van der Waals surface area contributed by atoms with Crippen molar-refractivity contribution in [3.05, 3.63) is 0 Å². The molecule has 0 amide bonds. The molecular formula is C13H24N4O2. The molecule has 19 heavy (non-hydrogen) atoms. The number of anilines is 1. The maximum atomic E-state index is 5.54. The van der Waals surface area contributed by atoms with Crippen molar-refractivity contribution in [2.45, 2.75) is 40.5 Å². The summed E-state index contributed by atoms with van der Waals surface area (Å²) in [5, 5.41) is 3.04. The molecule has 0 aromatic carbocycles. The Morgan fingerprint density at radius 1 is 1.00 bits per heavy atom. The molecule has 108 valence electrons. The molecule has 1 rings (SSSR count).